The summed E-state index contributed by atoms with van der Waals surface area (Å²) in [5, 5.41) is 0. The van der Waals surface area contributed by atoms with Gasteiger partial charge in [-0.15, -0.1) is 0 Å². The number of aryl methyl sites for hydroxylation is 1. The largest absolute Gasteiger partial charge is 0.273 e. The van der Waals surface area contributed by atoms with E-state index in [0.29, 0.717) is 6.42 Å². The highest BCUT2D eigenvalue weighted by atomic mass is 32.2. The molecule has 144 valence electrons. The maximum absolute atomic E-state index is 12.8. The van der Waals surface area contributed by atoms with Gasteiger partial charge in [0.15, 0.2) is 0 Å². The van der Waals surface area contributed by atoms with Gasteiger partial charge in [0.05, 0.1) is 4.90 Å². The zero-order valence-electron chi connectivity index (χ0n) is 14.9. The number of hydrogen-bond donors (Lipinski definition) is 2. The van der Waals surface area contributed by atoms with Crippen LogP contribution in [0.2, 0.25) is 0 Å². The molecule has 0 saturated carbocycles. The minimum absolute atomic E-state index is 0.0252. The number of hydrogen-bond acceptors (Lipinski definition) is 4. The molecule has 7 nitrogen and oxygen atoms in total. The fourth-order valence-electron chi connectivity index (χ4n) is 2.18. The van der Waals surface area contributed by atoms with Crippen LogP contribution in [0.5, 0.6) is 0 Å². The maximum atomic E-state index is 12.8. The van der Waals surface area contributed by atoms with Gasteiger partial charge in [0, 0.05) is 26.1 Å². The summed E-state index contributed by atoms with van der Waals surface area (Å²) >= 11 is 0. The molecule has 2 aromatic carbocycles. The van der Waals surface area contributed by atoms with Crippen molar-refractivity contribution in [3.63, 3.8) is 0 Å². The van der Waals surface area contributed by atoms with Crippen molar-refractivity contribution < 1.29 is 22.4 Å². The standard InChI is InChI=1S/C18H20FN3O4S/c1-22(2)27(25,26)16-5-3-4-14(12-16)18(24)21-20-17(23)11-8-13-6-9-15(19)10-7-13/h3-7,9-10,12H,8,11H2,1-2H3,(H,20,23)(H,21,24). The molecule has 0 aliphatic heterocycles. The fraction of sp³-hybridized carbons (Fsp3) is 0.222. The molecule has 0 aliphatic rings. The van der Waals surface area contributed by atoms with Crippen molar-refractivity contribution in [2.24, 2.45) is 0 Å². The van der Waals surface area contributed by atoms with Crippen molar-refractivity contribution >= 4 is 21.8 Å². The predicted octanol–water partition coefficient (Wildman–Crippen LogP) is 1.47. The van der Waals surface area contributed by atoms with E-state index in [2.05, 4.69) is 10.9 Å². The van der Waals surface area contributed by atoms with Crippen molar-refractivity contribution in [2.75, 3.05) is 14.1 Å². The van der Waals surface area contributed by atoms with E-state index in [1.54, 1.807) is 12.1 Å². The molecule has 0 heterocycles. The molecule has 2 aromatic rings. The number of hydrazine groups is 1. The summed E-state index contributed by atoms with van der Waals surface area (Å²) in [6.45, 7) is 0. The van der Waals surface area contributed by atoms with Crippen molar-refractivity contribution in [1.82, 2.24) is 15.2 Å². The highest BCUT2D eigenvalue weighted by Crippen LogP contribution is 2.14. The van der Waals surface area contributed by atoms with E-state index in [4.69, 9.17) is 0 Å². The molecule has 0 bridgehead atoms. The third kappa shape index (κ3) is 5.60. The molecular weight excluding hydrogens is 373 g/mol. The van der Waals surface area contributed by atoms with Crippen LogP contribution in [0.3, 0.4) is 0 Å². The Morgan fingerprint density at radius 3 is 2.33 bits per heavy atom. The van der Waals surface area contributed by atoms with E-state index in [-0.39, 0.29) is 22.7 Å². The molecule has 0 spiro atoms. The predicted molar refractivity (Wildman–Crippen MR) is 97.6 cm³/mol. The van der Waals surface area contributed by atoms with Gasteiger partial charge in [-0.3, -0.25) is 20.4 Å². The lowest BCUT2D eigenvalue weighted by Crippen LogP contribution is -2.41. The Morgan fingerprint density at radius 1 is 1.04 bits per heavy atom. The molecule has 0 unspecified atom stereocenters. The Morgan fingerprint density at radius 2 is 1.70 bits per heavy atom. The van der Waals surface area contributed by atoms with Gasteiger partial charge in [0.25, 0.3) is 5.91 Å². The zero-order chi connectivity index (χ0) is 20.0. The maximum Gasteiger partial charge on any atom is 0.269 e. The average molecular weight is 393 g/mol. The zero-order valence-corrected chi connectivity index (χ0v) is 15.7. The Bertz CT molecular complexity index is 928. The Hall–Kier alpha value is -2.78. The van der Waals surface area contributed by atoms with Gasteiger partial charge in [0.1, 0.15) is 5.82 Å². The lowest BCUT2D eigenvalue weighted by atomic mass is 10.1. The quantitative estimate of drug-likeness (QED) is 0.727. The second kappa shape index (κ2) is 8.74. The van der Waals surface area contributed by atoms with Crippen LogP contribution in [0.1, 0.15) is 22.3 Å². The third-order valence-corrected chi connectivity index (χ3v) is 5.56. The first-order valence-electron chi connectivity index (χ1n) is 8.06. The molecule has 0 aromatic heterocycles. The number of rotatable bonds is 6. The molecule has 9 heteroatoms. The average Bonchev–Trinajstić information content (AvgIpc) is 2.65. The van der Waals surface area contributed by atoms with Crippen LogP contribution in [-0.2, 0) is 21.2 Å². The molecule has 2 rings (SSSR count). The van der Waals surface area contributed by atoms with Crippen molar-refractivity contribution in [3.8, 4) is 0 Å². The minimum Gasteiger partial charge on any atom is -0.273 e. The summed E-state index contributed by atoms with van der Waals surface area (Å²) in [6.07, 6.45) is 0.486. The second-order valence-electron chi connectivity index (χ2n) is 5.94. The Kier molecular flexibility index (Phi) is 6.65. The monoisotopic (exact) mass is 393 g/mol. The molecule has 0 saturated heterocycles. The van der Waals surface area contributed by atoms with E-state index < -0.39 is 21.8 Å². The molecule has 0 radical (unpaired) electrons. The normalized spacial score (nSPS) is 11.3. The number of benzene rings is 2. The topological polar surface area (TPSA) is 95.6 Å². The second-order valence-corrected chi connectivity index (χ2v) is 8.10. The van der Waals surface area contributed by atoms with Crippen LogP contribution < -0.4 is 10.9 Å². The van der Waals surface area contributed by atoms with Crippen molar-refractivity contribution in [2.45, 2.75) is 17.7 Å². The Balaban J connectivity index is 1.91. The van der Waals surface area contributed by atoms with Crippen LogP contribution in [-0.4, -0.2) is 38.6 Å². The van der Waals surface area contributed by atoms with Crippen molar-refractivity contribution in [3.05, 3.63) is 65.5 Å². The SMILES string of the molecule is CN(C)S(=O)(=O)c1cccc(C(=O)NNC(=O)CCc2ccc(F)cc2)c1. The minimum atomic E-state index is -3.67. The van der Waals surface area contributed by atoms with E-state index in [0.717, 1.165) is 9.87 Å². The number of halogens is 1. The highest BCUT2D eigenvalue weighted by molar-refractivity contribution is 7.89. The molecule has 2 amide bonds. The summed E-state index contributed by atoms with van der Waals surface area (Å²) in [4.78, 5) is 23.9. The number of nitrogens with one attached hydrogen (secondary N) is 2. The smallest absolute Gasteiger partial charge is 0.269 e. The molecule has 27 heavy (non-hydrogen) atoms. The first kappa shape index (κ1) is 20.5. The van der Waals surface area contributed by atoms with Crippen LogP contribution in [0, 0.1) is 5.82 Å². The number of sulfonamides is 1. The molecule has 0 atom stereocenters. The lowest BCUT2D eigenvalue weighted by molar-refractivity contribution is -0.121. The lowest BCUT2D eigenvalue weighted by Gasteiger charge is -2.12. The summed E-state index contributed by atoms with van der Waals surface area (Å²) in [6, 6.07) is 11.3. The van der Waals surface area contributed by atoms with Gasteiger partial charge >= 0.3 is 0 Å². The summed E-state index contributed by atoms with van der Waals surface area (Å²) in [5.74, 6) is -1.42. The van der Waals surface area contributed by atoms with Crippen LogP contribution in [0.4, 0.5) is 4.39 Å². The first-order valence-corrected chi connectivity index (χ1v) is 9.50. The molecular formula is C18H20FN3O4S. The summed E-state index contributed by atoms with van der Waals surface area (Å²) in [5.41, 5.74) is 5.40. The first-order chi connectivity index (χ1) is 12.7. The van der Waals surface area contributed by atoms with Crippen LogP contribution >= 0.6 is 0 Å². The fourth-order valence-corrected chi connectivity index (χ4v) is 3.13. The molecule has 0 fully saturated rings. The van der Waals surface area contributed by atoms with E-state index in [1.165, 1.54) is 50.5 Å². The van der Waals surface area contributed by atoms with Gasteiger partial charge in [-0.05, 0) is 42.3 Å². The van der Waals surface area contributed by atoms with Gasteiger partial charge in [0.2, 0.25) is 15.9 Å². The van der Waals surface area contributed by atoms with Gasteiger partial charge < -0.3 is 0 Å². The number of carbonyl (C=O) groups is 2. The van der Waals surface area contributed by atoms with E-state index >= 15 is 0 Å². The van der Waals surface area contributed by atoms with Gasteiger partial charge in [-0.25, -0.2) is 17.1 Å². The number of carbonyl (C=O) groups excluding carboxylic acids is 2. The highest BCUT2D eigenvalue weighted by Gasteiger charge is 2.18. The van der Waals surface area contributed by atoms with E-state index in [9.17, 15) is 22.4 Å². The third-order valence-electron chi connectivity index (χ3n) is 3.74. The van der Waals surface area contributed by atoms with Gasteiger partial charge in [-0.1, -0.05) is 18.2 Å². The Labute approximate surface area is 157 Å². The van der Waals surface area contributed by atoms with Crippen molar-refractivity contribution in [1.29, 1.82) is 0 Å². The van der Waals surface area contributed by atoms with E-state index in [1.807, 2.05) is 0 Å². The number of nitrogens with zero attached hydrogens (tertiary/aromatic N) is 1. The van der Waals surface area contributed by atoms with Crippen LogP contribution in [0.25, 0.3) is 0 Å². The molecule has 0 aliphatic carbocycles. The molecule has 2 N–H and O–H groups in total. The van der Waals surface area contributed by atoms with Gasteiger partial charge in [-0.2, -0.15) is 0 Å². The summed E-state index contributed by atoms with van der Waals surface area (Å²) in [7, 11) is -0.883. The number of amides is 2. The summed E-state index contributed by atoms with van der Waals surface area (Å²) < 4.78 is 38.1. The van der Waals surface area contributed by atoms with Crippen LogP contribution in [0.15, 0.2) is 53.4 Å².